The largest absolute Gasteiger partial charge is 0.354 e. The van der Waals surface area contributed by atoms with Crippen molar-refractivity contribution in [3.8, 4) is 11.3 Å². The molecule has 2 N–H and O–H groups in total. The Labute approximate surface area is 172 Å². The SMILES string of the molecule is CCCCCCCCC(=O)NC(=O)Cc1c(-c2ccccc2)[nH]c2ccccc12. The normalized spacial score (nSPS) is 10.9. The fourth-order valence-electron chi connectivity index (χ4n) is 3.72. The van der Waals surface area contributed by atoms with Crippen LogP contribution in [-0.4, -0.2) is 16.8 Å². The van der Waals surface area contributed by atoms with Crippen molar-refractivity contribution in [2.45, 2.75) is 58.3 Å². The van der Waals surface area contributed by atoms with Gasteiger partial charge in [-0.3, -0.25) is 14.9 Å². The van der Waals surface area contributed by atoms with Gasteiger partial charge in [0.15, 0.2) is 0 Å². The highest BCUT2D eigenvalue weighted by Crippen LogP contribution is 2.30. The van der Waals surface area contributed by atoms with Gasteiger partial charge in [0.2, 0.25) is 11.8 Å². The summed E-state index contributed by atoms with van der Waals surface area (Å²) in [5.74, 6) is -0.422. The monoisotopic (exact) mass is 390 g/mol. The third-order valence-electron chi connectivity index (χ3n) is 5.25. The van der Waals surface area contributed by atoms with E-state index in [4.69, 9.17) is 0 Å². The van der Waals surface area contributed by atoms with E-state index in [1.54, 1.807) is 0 Å². The maximum Gasteiger partial charge on any atom is 0.231 e. The molecule has 0 aliphatic heterocycles. The number of aromatic amines is 1. The number of carbonyl (C=O) groups is 2. The summed E-state index contributed by atoms with van der Waals surface area (Å²) in [6.07, 6.45) is 7.32. The van der Waals surface area contributed by atoms with E-state index in [2.05, 4.69) is 17.2 Å². The Morgan fingerprint density at radius 1 is 0.828 bits per heavy atom. The Hall–Kier alpha value is -2.88. The van der Waals surface area contributed by atoms with E-state index in [1.807, 2.05) is 54.6 Å². The quantitative estimate of drug-likeness (QED) is 0.432. The summed E-state index contributed by atoms with van der Waals surface area (Å²) in [6, 6.07) is 17.9. The molecule has 0 radical (unpaired) electrons. The summed E-state index contributed by atoms with van der Waals surface area (Å²) < 4.78 is 0. The first kappa shape index (κ1) is 20.8. The molecule has 1 aromatic heterocycles. The maximum absolute atomic E-state index is 12.6. The van der Waals surface area contributed by atoms with Crippen LogP contribution in [0, 0.1) is 0 Å². The van der Waals surface area contributed by atoms with Gasteiger partial charge in [0.1, 0.15) is 0 Å². The van der Waals surface area contributed by atoms with Crippen LogP contribution in [0.3, 0.4) is 0 Å². The molecule has 4 nitrogen and oxygen atoms in total. The van der Waals surface area contributed by atoms with Gasteiger partial charge in [0.25, 0.3) is 0 Å². The van der Waals surface area contributed by atoms with Crippen LogP contribution in [0.1, 0.15) is 57.4 Å². The van der Waals surface area contributed by atoms with E-state index in [9.17, 15) is 9.59 Å². The first-order valence-electron chi connectivity index (χ1n) is 10.7. The number of unbranched alkanes of at least 4 members (excludes halogenated alkanes) is 5. The highest BCUT2D eigenvalue weighted by Gasteiger charge is 2.17. The van der Waals surface area contributed by atoms with Crippen LogP contribution < -0.4 is 5.32 Å². The van der Waals surface area contributed by atoms with Crippen LogP contribution in [0.25, 0.3) is 22.2 Å². The van der Waals surface area contributed by atoms with Crippen LogP contribution in [0.5, 0.6) is 0 Å². The molecule has 4 heteroatoms. The standard InChI is InChI=1S/C25H30N2O2/c1-2-3-4-5-6-10-17-23(28)27-24(29)18-21-20-15-11-12-16-22(20)26-25(21)19-13-8-7-9-14-19/h7-9,11-16,26H,2-6,10,17-18H2,1H3,(H,27,28,29). The Balaban J connectivity index is 1.63. The zero-order valence-corrected chi connectivity index (χ0v) is 17.2. The Morgan fingerprint density at radius 2 is 1.52 bits per heavy atom. The van der Waals surface area contributed by atoms with Crippen LogP contribution in [0.2, 0.25) is 0 Å². The molecule has 0 bridgehead atoms. The zero-order valence-electron chi connectivity index (χ0n) is 17.2. The molecular formula is C25H30N2O2. The zero-order chi connectivity index (χ0) is 20.5. The van der Waals surface area contributed by atoms with Crippen LogP contribution in [0.4, 0.5) is 0 Å². The fourth-order valence-corrected chi connectivity index (χ4v) is 3.72. The lowest BCUT2D eigenvalue weighted by Crippen LogP contribution is -2.31. The van der Waals surface area contributed by atoms with E-state index in [-0.39, 0.29) is 18.2 Å². The minimum Gasteiger partial charge on any atom is -0.354 e. The summed E-state index contributed by atoms with van der Waals surface area (Å²) >= 11 is 0. The summed E-state index contributed by atoms with van der Waals surface area (Å²) in [5, 5.41) is 3.59. The van der Waals surface area contributed by atoms with Gasteiger partial charge in [-0.05, 0) is 23.6 Å². The Morgan fingerprint density at radius 3 is 2.31 bits per heavy atom. The number of rotatable bonds is 10. The van der Waals surface area contributed by atoms with Gasteiger partial charge in [0.05, 0.1) is 12.1 Å². The molecule has 3 rings (SSSR count). The molecule has 29 heavy (non-hydrogen) atoms. The van der Waals surface area contributed by atoms with E-state index in [0.717, 1.165) is 47.0 Å². The van der Waals surface area contributed by atoms with Crippen molar-refractivity contribution in [1.29, 1.82) is 0 Å². The first-order chi connectivity index (χ1) is 14.2. The maximum atomic E-state index is 12.6. The van der Waals surface area contributed by atoms with Gasteiger partial charge < -0.3 is 4.98 Å². The van der Waals surface area contributed by atoms with Gasteiger partial charge in [-0.15, -0.1) is 0 Å². The second-order valence-corrected chi connectivity index (χ2v) is 7.56. The number of imide groups is 1. The van der Waals surface area contributed by atoms with Crippen molar-refractivity contribution in [1.82, 2.24) is 10.3 Å². The van der Waals surface area contributed by atoms with Crippen molar-refractivity contribution in [3.05, 3.63) is 60.2 Å². The Bertz CT molecular complexity index is 944. The van der Waals surface area contributed by atoms with Gasteiger partial charge in [-0.2, -0.15) is 0 Å². The first-order valence-corrected chi connectivity index (χ1v) is 10.7. The molecule has 3 aromatic rings. The minimum absolute atomic E-state index is 0.174. The van der Waals surface area contributed by atoms with Crippen LogP contribution in [-0.2, 0) is 16.0 Å². The molecule has 1 heterocycles. The van der Waals surface area contributed by atoms with Crippen molar-refractivity contribution in [3.63, 3.8) is 0 Å². The molecule has 0 saturated heterocycles. The lowest BCUT2D eigenvalue weighted by atomic mass is 10.0. The smallest absolute Gasteiger partial charge is 0.231 e. The third-order valence-corrected chi connectivity index (χ3v) is 5.25. The number of aromatic nitrogens is 1. The van der Waals surface area contributed by atoms with Crippen LogP contribution >= 0.6 is 0 Å². The molecule has 0 spiro atoms. The molecule has 0 atom stereocenters. The predicted molar refractivity (Wildman–Crippen MR) is 119 cm³/mol. The highest BCUT2D eigenvalue weighted by atomic mass is 16.2. The Kier molecular flexibility index (Phi) is 7.62. The minimum atomic E-state index is -0.247. The van der Waals surface area contributed by atoms with Crippen molar-refractivity contribution < 1.29 is 9.59 Å². The lowest BCUT2D eigenvalue weighted by Gasteiger charge is -2.07. The molecule has 0 aliphatic rings. The predicted octanol–water partition coefficient (Wildman–Crippen LogP) is 5.77. The molecule has 152 valence electrons. The molecule has 2 aromatic carbocycles. The van der Waals surface area contributed by atoms with Gasteiger partial charge in [-0.25, -0.2) is 0 Å². The molecule has 0 fully saturated rings. The van der Waals surface area contributed by atoms with Gasteiger partial charge >= 0.3 is 0 Å². The second-order valence-electron chi connectivity index (χ2n) is 7.56. The van der Waals surface area contributed by atoms with E-state index >= 15 is 0 Å². The summed E-state index contributed by atoms with van der Waals surface area (Å²) in [5.41, 5.74) is 3.89. The number of benzene rings is 2. The number of H-pyrrole nitrogens is 1. The lowest BCUT2D eigenvalue weighted by molar-refractivity contribution is -0.130. The number of hydrogen-bond acceptors (Lipinski definition) is 2. The van der Waals surface area contributed by atoms with Crippen LogP contribution in [0.15, 0.2) is 54.6 Å². The van der Waals surface area contributed by atoms with E-state index in [0.29, 0.717) is 6.42 Å². The van der Waals surface area contributed by atoms with Gasteiger partial charge in [-0.1, -0.05) is 87.6 Å². The number of amides is 2. The molecule has 0 unspecified atom stereocenters. The highest BCUT2D eigenvalue weighted by molar-refractivity contribution is 6.00. The van der Waals surface area contributed by atoms with Crippen molar-refractivity contribution in [2.75, 3.05) is 0 Å². The number of hydrogen-bond donors (Lipinski definition) is 2. The third kappa shape index (κ3) is 5.80. The van der Waals surface area contributed by atoms with Crippen molar-refractivity contribution >= 4 is 22.7 Å². The average Bonchev–Trinajstić information content (AvgIpc) is 3.09. The van der Waals surface area contributed by atoms with E-state index < -0.39 is 0 Å². The number of fused-ring (bicyclic) bond motifs is 1. The summed E-state index contributed by atoms with van der Waals surface area (Å²) in [7, 11) is 0. The molecule has 2 amide bonds. The average molecular weight is 391 g/mol. The summed E-state index contributed by atoms with van der Waals surface area (Å²) in [6.45, 7) is 2.19. The molecular weight excluding hydrogens is 360 g/mol. The van der Waals surface area contributed by atoms with Crippen molar-refractivity contribution in [2.24, 2.45) is 0 Å². The number of carbonyl (C=O) groups excluding carboxylic acids is 2. The second kappa shape index (κ2) is 10.6. The molecule has 0 aliphatic carbocycles. The topological polar surface area (TPSA) is 62.0 Å². The number of para-hydroxylation sites is 1. The fraction of sp³-hybridized carbons (Fsp3) is 0.360. The summed E-state index contributed by atoms with van der Waals surface area (Å²) in [4.78, 5) is 28.2. The van der Waals surface area contributed by atoms with E-state index in [1.165, 1.54) is 19.3 Å². The van der Waals surface area contributed by atoms with Gasteiger partial charge in [0, 0.05) is 17.3 Å². The molecule has 0 saturated carbocycles. The number of nitrogens with one attached hydrogen (secondary N) is 2.